The molecule has 2 aromatic carbocycles. The fourth-order valence-corrected chi connectivity index (χ4v) is 3.21. The Morgan fingerprint density at radius 2 is 1.67 bits per heavy atom. The molecule has 0 fully saturated rings. The zero-order chi connectivity index (χ0) is 21.4. The molecule has 0 saturated carbocycles. The van der Waals surface area contributed by atoms with Gasteiger partial charge in [0.05, 0.1) is 21.2 Å². The zero-order valence-electron chi connectivity index (χ0n) is 15.5. The SMILES string of the molecule is Cc1ccc(-c2noc(COC(=O)CN3C(=O)c4cc(Cl)c(Cl)cc4C3=O)n2)cc1. The standard InChI is InChI=1S/C20H13Cl2N3O5/c1-10-2-4-11(5-3-10)18-23-16(30-24-18)9-29-17(26)8-25-19(27)12-6-14(21)15(22)7-13(12)20(25)28/h2-7H,8-9H2,1H3. The molecule has 8 nitrogen and oxygen atoms in total. The van der Waals surface area contributed by atoms with Crippen LogP contribution in [0.1, 0.15) is 32.2 Å². The van der Waals surface area contributed by atoms with Crippen molar-refractivity contribution in [1.29, 1.82) is 0 Å². The van der Waals surface area contributed by atoms with E-state index in [0.717, 1.165) is 16.0 Å². The molecule has 2 amide bonds. The molecule has 30 heavy (non-hydrogen) atoms. The summed E-state index contributed by atoms with van der Waals surface area (Å²) in [7, 11) is 0. The van der Waals surface area contributed by atoms with E-state index >= 15 is 0 Å². The first-order valence-corrected chi connectivity index (χ1v) is 9.49. The minimum Gasteiger partial charge on any atom is -0.454 e. The Labute approximate surface area is 180 Å². The van der Waals surface area contributed by atoms with Crippen molar-refractivity contribution < 1.29 is 23.6 Å². The summed E-state index contributed by atoms with van der Waals surface area (Å²) in [4.78, 5) is 41.9. The predicted molar refractivity (Wildman–Crippen MR) is 106 cm³/mol. The van der Waals surface area contributed by atoms with Crippen LogP contribution in [0.5, 0.6) is 0 Å². The second-order valence-corrected chi connectivity index (χ2v) is 7.36. The number of benzene rings is 2. The van der Waals surface area contributed by atoms with E-state index in [9.17, 15) is 14.4 Å². The van der Waals surface area contributed by atoms with Gasteiger partial charge in [0.1, 0.15) is 6.54 Å². The monoisotopic (exact) mass is 445 g/mol. The third-order valence-corrected chi connectivity index (χ3v) is 5.16. The van der Waals surface area contributed by atoms with Crippen molar-refractivity contribution >= 4 is 41.0 Å². The van der Waals surface area contributed by atoms with E-state index in [-0.39, 0.29) is 33.7 Å². The van der Waals surface area contributed by atoms with Crippen LogP contribution < -0.4 is 0 Å². The van der Waals surface area contributed by atoms with Gasteiger partial charge in [0.2, 0.25) is 5.82 Å². The minimum atomic E-state index is -0.809. The molecule has 0 radical (unpaired) electrons. The summed E-state index contributed by atoms with van der Waals surface area (Å²) in [6.45, 7) is 1.10. The topological polar surface area (TPSA) is 103 Å². The molecule has 1 aliphatic heterocycles. The maximum atomic E-state index is 12.4. The van der Waals surface area contributed by atoms with E-state index in [1.165, 1.54) is 12.1 Å². The summed E-state index contributed by atoms with van der Waals surface area (Å²) in [6, 6.07) is 10.1. The molecule has 4 rings (SSSR count). The van der Waals surface area contributed by atoms with Crippen LogP contribution in [0.25, 0.3) is 11.4 Å². The zero-order valence-corrected chi connectivity index (χ0v) is 17.0. The Hall–Kier alpha value is -3.23. The summed E-state index contributed by atoms with van der Waals surface area (Å²) in [5.74, 6) is -1.67. The van der Waals surface area contributed by atoms with E-state index in [2.05, 4.69) is 10.1 Å². The van der Waals surface area contributed by atoms with Crippen molar-refractivity contribution in [3.8, 4) is 11.4 Å². The highest BCUT2D eigenvalue weighted by Gasteiger charge is 2.37. The highest BCUT2D eigenvalue weighted by atomic mass is 35.5. The van der Waals surface area contributed by atoms with E-state index in [1.807, 2.05) is 31.2 Å². The highest BCUT2D eigenvalue weighted by Crippen LogP contribution is 2.31. The van der Waals surface area contributed by atoms with Gasteiger partial charge in [-0.05, 0) is 19.1 Å². The Balaban J connectivity index is 1.38. The van der Waals surface area contributed by atoms with Crippen LogP contribution in [0.3, 0.4) is 0 Å². The van der Waals surface area contributed by atoms with Crippen molar-refractivity contribution in [2.75, 3.05) is 6.54 Å². The van der Waals surface area contributed by atoms with Gasteiger partial charge in [-0.3, -0.25) is 19.3 Å². The molecule has 0 saturated heterocycles. The van der Waals surface area contributed by atoms with E-state index in [1.54, 1.807) is 0 Å². The summed E-state index contributed by atoms with van der Waals surface area (Å²) >= 11 is 11.8. The smallest absolute Gasteiger partial charge is 0.326 e. The largest absolute Gasteiger partial charge is 0.454 e. The number of amides is 2. The number of aryl methyl sites for hydroxylation is 1. The van der Waals surface area contributed by atoms with Crippen molar-refractivity contribution in [3.63, 3.8) is 0 Å². The Kier molecular flexibility index (Phi) is 5.27. The molecule has 0 N–H and O–H groups in total. The molecule has 152 valence electrons. The summed E-state index contributed by atoms with van der Waals surface area (Å²) in [5, 5.41) is 4.13. The van der Waals surface area contributed by atoms with Gasteiger partial charge in [-0.25, -0.2) is 0 Å². The number of imide groups is 1. The van der Waals surface area contributed by atoms with Crippen LogP contribution in [0, 0.1) is 6.92 Å². The Morgan fingerprint density at radius 3 is 2.27 bits per heavy atom. The third-order valence-electron chi connectivity index (χ3n) is 4.43. The van der Waals surface area contributed by atoms with Crippen molar-refractivity contribution in [2.45, 2.75) is 13.5 Å². The average molecular weight is 446 g/mol. The lowest BCUT2D eigenvalue weighted by atomic mass is 10.1. The number of aromatic nitrogens is 2. The number of nitrogens with zero attached hydrogens (tertiary/aromatic N) is 3. The highest BCUT2D eigenvalue weighted by molar-refractivity contribution is 6.43. The van der Waals surface area contributed by atoms with Crippen molar-refractivity contribution in [2.24, 2.45) is 0 Å². The van der Waals surface area contributed by atoms with Gasteiger partial charge < -0.3 is 9.26 Å². The van der Waals surface area contributed by atoms with E-state index in [0.29, 0.717) is 5.82 Å². The first kappa shape index (κ1) is 20.1. The lowest BCUT2D eigenvalue weighted by molar-refractivity contribution is -0.146. The summed E-state index contributed by atoms with van der Waals surface area (Å²) < 4.78 is 10.1. The molecule has 1 aromatic heterocycles. The molecular weight excluding hydrogens is 433 g/mol. The lowest BCUT2D eigenvalue weighted by Crippen LogP contribution is -2.35. The first-order valence-electron chi connectivity index (χ1n) is 8.74. The average Bonchev–Trinajstić information content (AvgIpc) is 3.28. The van der Waals surface area contributed by atoms with Gasteiger partial charge in [-0.2, -0.15) is 4.98 Å². The number of carbonyl (C=O) groups is 3. The summed E-state index contributed by atoms with van der Waals surface area (Å²) in [6.07, 6.45) is 0. The molecule has 0 atom stereocenters. The molecule has 0 aliphatic carbocycles. The number of rotatable bonds is 5. The van der Waals surface area contributed by atoms with Crippen LogP contribution in [-0.2, 0) is 16.1 Å². The third kappa shape index (κ3) is 3.79. The number of esters is 1. The first-order chi connectivity index (χ1) is 14.3. The molecule has 10 heteroatoms. The molecule has 1 aliphatic rings. The Bertz CT molecular complexity index is 1130. The molecule has 0 spiro atoms. The number of hydrogen-bond donors (Lipinski definition) is 0. The molecule has 0 bridgehead atoms. The molecule has 3 aromatic rings. The van der Waals surface area contributed by atoms with E-state index in [4.69, 9.17) is 32.5 Å². The number of ether oxygens (including phenoxy) is 1. The fourth-order valence-electron chi connectivity index (χ4n) is 2.88. The summed E-state index contributed by atoms with van der Waals surface area (Å²) in [5.41, 5.74) is 2.02. The molecule has 0 unspecified atom stereocenters. The number of hydrogen-bond acceptors (Lipinski definition) is 7. The van der Waals surface area contributed by atoms with E-state index < -0.39 is 24.3 Å². The van der Waals surface area contributed by atoms with Crippen LogP contribution in [-0.4, -0.2) is 39.4 Å². The normalized spacial score (nSPS) is 13.0. The van der Waals surface area contributed by atoms with Gasteiger partial charge in [0, 0.05) is 5.56 Å². The Morgan fingerprint density at radius 1 is 1.07 bits per heavy atom. The van der Waals surface area contributed by atoms with Crippen LogP contribution >= 0.6 is 23.2 Å². The van der Waals surface area contributed by atoms with Crippen molar-refractivity contribution in [1.82, 2.24) is 15.0 Å². The van der Waals surface area contributed by atoms with Gasteiger partial charge in [-0.15, -0.1) is 0 Å². The lowest BCUT2D eigenvalue weighted by Gasteiger charge is -2.12. The molecule has 2 heterocycles. The van der Waals surface area contributed by atoms with Gasteiger partial charge >= 0.3 is 5.97 Å². The van der Waals surface area contributed by atoms with Crippen LogP contribution in [0.15, 0.2) is 40.9 Å². The fraction of sp³-hybridized carbons (Fsp3) is 0.150. The second kappa shape index (κ2) is 7.89. The quantitative estimate of drug-likeness (QED) is 0.435. The van der Waals surface area contributed by atoms with Crippen molar-refractivity contribution in [3.05, 3.63) is 69.0 Å². The second-order valence-electron chi connectivity index (χ2n) is 6.55. The van der Waals surface area contributed by atoms with Crippen LogP contribution in [0.4, 0.5) is 0 Å². The van der Waals surface area contributed by atoms with Gasteiger partial charge in [-0.1, -0.05) is 58.2 Å². The maximum Gasteiger partial charge on any atom is 0.326 e. The number of carbonyl (C=O) groups excluding carboxylic acids is 3. The van der Waals surface area contributed by atoms with Gasteiger partial charge in [0.25, 0.3) is 17.7 Å². The number of halogens is 2. The van der Waals surface area contributed by atoms with Gasteiger partial charge in [0.15, 0.2) is 6.61 Å². The number of fused-ring (bicyclic) bond motifs is 1. The van der Waals surface area contributed by atoms with Crippen LogP contribution in [0.2, 0.25) is 10.0 Å². The minimum absolute atomic E-state index is 0.0832. The maximum absolute atomic E-state index is 12.4. The molecular formula is C20H13Cl2N3O5. The predicted octanol–water partition coefficient (Wildman–Crippen LogP) is 3.69.